The molecule has 2 amide bonds. The summed E-state index contributed by atoms with van der Waals surface area (Å²) < 4.78 is 0. The molecule has 0 unspecified atom stereocenters. The summed E-state index contributed by atoms with van der Waals surface area (Å²) in [5.41, 5.74) is 5.20. The van der Waals surface area contributed by atoms with Crippen molar-refractivity contribution >= 4 is 11.8 Å². The number of nitrogens with two attached hydrogens (primary N) is 1. The summed E-state index contributed by atoms with van der Waals surface area (Å²) in [6, 6.07) is 0.742. The number of hydrogen-bond donors (Lipinski definition) is 1. The van der Waals surface area contributed by atoms with E-state index in [0.29, 0.717) is 6.42 Å². The molecule has 2 fully saturated rings. The fraction of sp³-hybridized carbons (Fsp3) is 0.800. The molecule has 1 heterocycles. The topological polar surface area (TPSA) is 66.6 Å². The molecular weight excluding hydrogens is 254 g/mol. The molecule has 0 aromatic carbocycles. The van der Waals surface area contributed by atoms with Crippen LogP contribution in [0.5, 0.6) is 0 Å². The van der Waals surface area contributed by atoms with Gasteiger partial charge in [-0.2, -0.15) is 0 Å². The Balaban J connectivity index is 1.70. The van der Waals surface area contributed by atoms with Crippen molar-refractivity contribution in [1.29, 1.82) is 0 Å². The SMILES string of the molecule is C[C@@H](C[CH]C(=O)N1CCN(C2CCCC2)CC1)C(N)=O. The number of hydrogen-bond acceptors (Lipinski definition) is 3. The van der Waals surface area contributed by atoms with Gasteiger partial charge in [0.15, 0.2) is 0 Å². The summed E-state index contributed by atoms with van der Waals surface area (Å²) in [5, 5.41) is 0. The van der Waals surface area contributed by atoms with E-state index in [-0.39, 0.29) is 17.7 Å². The number of primary amides is 1. The molecule has 0 aromatic heterocycles. The Labute approximate surface area is 121 Å². The Bertz CT molecular complexity index is 345. The van der Waals surface area contributed by atoms with Crippen LogP contribution in [0.2, 0.25) is 0 Å². The first-order chi connectivity index (χ1) is 9.58. The van der Waals surface area contributed by atoms with E-state index in [9.17, 15) is 9.59 Å². The lowest BCUT2D eigenvalue weighted by molar-refractivity contribution is -0.130. The monoisotopic (exact) mass is 280 g/mol. The zero-order valence-corrected chi connectivity index (χ0v) is 12.4. The summed E-state index contributed by atoms with van der Waals surface area (Å²) >= 11 is 0. The zero-order chi connectivity index (χ0) is 14.5. The lowest BCUT2D eigenvalue weighted by atomic mass is 10.0. The van der Waals surface area contributed by atoms with Gasteiger partial charge in [-0.15, -0.1) is 0 Å². The zero-order valence-electron chi connectivity index (χ0n) is 12.4. The predicted molar refractivity (Wildman–Crippen MR) is 77.7 cm³/mol. The van der Waals surface area contributed by atoms with Crippen LogP contribution in [0.15, 0.2) is 0 Å². The van der Waals surface area contributed by atoms with Gasteiger partial charge in [-0.05, 0) is 19.3 Å². The summed E-state index contributed by atoms with van der Waals surface area (Å²) in [7, 11) is 0. The third-order valence-electron chi connectivity index (χ3n) is 4.60. The maximum atomic E-state index is 12.1. The van der Waals surface area contributed by atoms with Crippen molar-refractivity contribution in [3.63, 3.8) is 0 Å². The molecular formula is C15H26N3O2. The van der Waals surface area contributed by atoms with Crippen molar-refractivity contribution in [1.82, 2.24) is 9.80 Å². The Morgan fingerprint density at radius 1 is 1.20 bits per heavy atom. The van der Waals surface area contributed by atoms with Gasteiger partial charge in [-0.1, -0.05) is 19.8 Å². The minimum Gasteiger partial charge on any atom is -0.369 e. The Morgan fingerprint density at radius 2 is 1.80 bits per heavy atom. The van der Waals surface area contributed by atoms with Crippen molar-refractivity contribution in [2.75, 3.05) is 26.2 Å². The molecule has 5 nitrogen and oxygen atoms in total. The highest BCUT2D eigenvalue weighted by Gasteiger charge is 2.27. The van der Waals surface area contributed by atoms with E-state index >= 15 is 0 Å². The fourth-order valence-corrected chi connectivity index (χ4v) is 3.10. The van der Waals surface area contributed by atoms with Crippen molar-refractivity contribution in [3.8, 4) is 0 Å². The average molecular weight is 280 g/mol. The van der Waals surface area contributed by atoms with Crippen LogP contribution >= 0.6 is 0 Å². The van der Waals surface area contributed by atoms with Gasteiger partial charge >= 0.3 is 0 Å². The minimum absolute atomic E-state index is 0.0455. The summed E-state index contributed by atoms with van der Waals surface area (Å²) in [6.07, 6.45) is 7.38. The highest BCUT2D eigenvalue weighted by atomic mass is 16.2. The van der Waals surface area contributed by atoms with Crippen LogP contribution in [0.3, 0.4) is 0 Å². The van der Waals surface area contributed by atoms with Gasteiger partial charge in [0.25, 0.3) is 0 Å². The molecule has 5 heteroatoms. The van der Waals surface area contributed by atoms with E-state index in [4.69, 9.17) is 5.73 Å². The highest BCUT2D eigenvalue weighted by molar-refractivity contribution is 5.86. The lowest BCUT2D eigenvalue weighted by Gasteiger charge is -2.38. The molecule has 0 bridgehead atoms. The van der Waals surface area contributed by atoms with Crippen molar-refractivity contribution in [3.05, 3.63) is 6.42 Å². The molecule has 1 radical (unpaired) electrons. The van der Waals surface area contributed by atoms with Gasteiger partial charge in [0.2, 0.25) is 11.8 Å². The first-order valence-electron chi connectivity index (χ1n) is 7.73. The standard InChI is InChI=1S/C15H26N3O2/c1-12(15(16)20)6-7-14(19)18-10-8-17(9-11-18)13-4-2-3-5-13/h7,12-13H,2-6,8-11H2,1H3,(H2,16,20)/t12-/m0/s1. The van der Waals surface area contributed by atoms with Crippen LogP contribution in [-0.2, 0) is 9.59 Å². The molecule has 2 N–H and O–H groups in total. The van der Waals surface area contributed by atoms with Gasteiger partial charge in [0.1, 0.15) is 0 Å². The smallest absolute Gasteiger partial charge is 0.226 e. The molecule has 1 saturated carbocycles. The third-order valence-corrected chi connectivity index (χ3v) is 4.60. The van der Waals surface area contributed by atoms with Crippen LogP contribution in [0.1, 0.15) is 39.0 Å². The van der Waals surface area contributed by atoms with Crippen LogP contribution in [-0.4, -0.2) is 53.8 Å². The van der Waals surface area contributed by atoms with Gasteiger partial charge in [0.05, 0.1) is 6.42 Å². The molecule has 0 spiro atoms. The average Bonchev–Trinajstić information content (AvgIpc) is 2.98. The van der Waals surface area contributed by atoms with Crippen molar-refractivity contribution in [2.24, 2.45) is 11.7 Å². The second-order valence-corrected chi connectivity index (χ2v) is 6.04. The normalized spacial score (nSPS) is 22.9. The molecule has 2 rings (SSSR count). The van der Waals surface area contributed by atoms with E-state index in [1.165, 1.54) is 25.7 Å². The molecule has 1 aliphatic carbocycles. The van der Waals surface area contributed by atoms with E-state index in [1.54, 1.807) is 13.3 Å². The molecule has 1 atom stereocenters. The van der Waals surface area contributed by atoms with Crippen molar-refractivity contribution in [2.45, 2.75) is 45.1 Å². The van der Waals surface area contributed by atoms with Gasteiger partial charge in [0, 0.05) is 38.1 Å². The second kappa shape index (κ2) is 7.07. The van der Waals surface area contributed by atoms with E-state index < -0.39 is 0 Å². The maximum Gasteiger partial charge on any atom is 0.226 e. The number of amides is 2. The van der Waals surface area contributed by atoms with Gasteiger partial charge < -0.3 is 10.6 Å². The Hall–Kier alpha value is -1.10. The van der Waals surface area contributed by atoms with E-state index in [0.717, 1.165) is 32.2 Å². The van der Waals surface area contributed by atoms with Crippen molar-refractivity contribution < 1.29 is 9.59 Å². The van der Waals surface area contributed by atoms with Gasteiger partial charge in [-0.25, -0.2) is 0 Å². The number of carbonyl (C=O) groups excluding carboxylic acids is 2. The Morgan fingerprint density at radius 3 is 2.35 bits per heavy atom. The molecule has 0 aromatic rings. The molecule has 20 heavy (non-hydrogen) atoms. The predicted octanol–water partition coefficient (Wildman–Crippen LogP) is 0.789. The third kappa shape index (κ3) is 3.95. The van der Waals surface area contributed by atoms with Gasteiger partial charge in [-0.3, -0.25) is 14.5 Å². The first-order valence-corrected chi connectivity index (χ1v) is 7.73. The molecule has 1 saturated heterocycles. The number of rotatable bonds is 5. The van der Waals surface area contributed by atoms with Crippen LogP contribution in [0.25, 0.3) is 0 Å². The maximum absolute atomic E-state index is 12.1. The minimum atomic E-state index is -0.347. The Kier molecular flexibility index (Phi) is 5.40. The number of piperazine rings is 1. The quantitative estimate of drug-likeness (QED) is 0.809. The summed E-state index contributed by atoms with van der Waals surface area (Å²) in [6.45, 7) is 5.32. The largest absolute Gasteiger partial charge is 0.369 e. The molecule has 2 aliphatic rings. The fourth-order valence-electron chi connectivity index (χ4n) is 3.10. The summed E-state index contributed by atoms with van der Waals surface area (Å²) in [5.74, 6) is -0.567. The van der Waals surface area contributed by atoms with Crippen LogP contribution < -0.4 is 5.73 Å². The van der Waals surface area contributed by atoms with Crippen LogP contribution in [0, 0.1) is 12.3 Å². The van der Waals surface area contributed by atoms with Crippen LogP contribution in [0.4, 0.5) is 0 Å². The highest BCUT2D eigenvalue weighted by Crippen LogP contribution is 2.24. The summed E-state index contributed by atoms with van der Waals surface area (Å²) in [4.78, 5) is 27.4. The number of carbonyl (C=O) groups is 2. The van der Waals surface area contributed by atoms with E-state index in [2.05, 4.69) is 4.90 Å². The number of nitrogens with zero attached hydrogens (tertiary/aromatic N) is 2. The molecule has 113 valence electrons. The first kappa shape index (κ1) is 15.3. The lowest BCUT2D eigenvalue weighted by Crippen LogP contribution is -2.51. The van der Waals surface area contributed by atoms with E-state index in [1.807, 2.05) is 4.90 Å². The molecule has 1 aliphatic heterocycles. The second-order valence-electron chi connectivity index (χ2n) is 6.04.